The molecule has 0 aliphatic carbocycles. The Bertz CT molecular complexity index is 535. The molecule has 0 fully saturated rings. The smallest absolute Gasteiger partial charge is 0.254 e. The molecular weight excluding hydrogens is 240 g/mol. The summed E-state index contributed by atoms with van der Waals surface area (Å²) in [7, 11) is 0. The van der Waals surface area contributed by atoms with Crippen molar-refractivity contribution in [2.24, 2.45) is 5.73 Å². The maximum Gasteiger partial charge on any atom is 0.254 e. The number of carbonyl (C=O) groups excluding carboxylic acids is 1. The quantitative estimate of drug-likeness (QED) is 0.850. The summed E-state index contributed by atoms with van der Waals surface area (Å²) in [6, 6.07) is 9.74. The Morgan fingerprint density at radius 3 is 2.84 bits per heavy atom. The molecule has 3 N–H and O–H groups in total. The van der Waals surface area contributed by atoms with Gasteiger partial charge in [0.25, 0.3) is 5.91 Å². The highest BCUT2D eigenvalue weighted by atomic mass is 16.1. The number of nitrogens with one attached hydrogen (secondary N) is 1. The van der Waals surface area contributed by atoms with Gasteiger partial charge < -0.3 is 11.1 Å². The SMILES string of the molecule is CC(CCN)NC(=O)c1cnn(-c2ccccc2)c1. The zero-order valence-corrected chi connectivity index (χ0v) is 10.9. The van der Waals surface area contributed by atoms with Gasteiger partial charge in [0, 0.05) is 12.2 Å². The molecule has 5 nitrogen and oxygen atoms in total. The Kier molecular flexibility index (Phi) is 4.30. The lowest BCUT2D eigenvalue weighted by Gasteiger charge is -2.11. The predicted octanol–water partition coefficient (Wildman–Crippen LogP) is 1.34. The minimum atomic E-state index is -0.122. The van der Waals surface area contributed by atoms with Gasteiger partial charge in [0.15, 0.2) is 0 Å². The molecule has 2 rings (SSSR count). The van der Waals surface area contributed by atoms with Crippen molar-refractivity contribution in [1.29, 1.82) is 0 Å². The molecule has 0 spiro atoms. The predicted molar refractivity (Wildman–Crippen MR) is 74.2 cm³/mol. The van der Waals surface area contributed by atoms with Gasteiger partial charge in [0.2, 0.25) is 0 Å². The lowest BCUT2D eigenvalue weighted by atomic mass is 10.2. The van der Waals surface area contributed by atoms with E-state index in [1.54, 1.807) is 17.1 Å². The first-order valence-corrected chi connectivity index (χ1v) is 6.31. The third-order valence-electron chi connectivity index (χ3n) is 2.84. The van der Waals surface area contributed by atoms with Crippen LogP contribution in [0.25, 0.3) is 5.69 Å². The standard InChI is InChI=1S/C14H18N4O/c1-11(7-8-15)17-14(19)12-9-16-18(10-12)13-5-3-2-4-6-13/h2-6,9-11H,7-8,15H2,1H3,(H,17,19). The fraction of sp³-hybridized carbons (Fsp3) is 0.286. The second-order valence-electron chi connectivity index (χ2n) is 4.46. The topological polar surface area (TPSA) is 72.9 Å². The fourth-order valence-electron chi connectivity index (χ4n) is 1.79. The van der Waals surface area contributed by atoms with Crippen LogP contribution in [-0.4, -0.2) is 28.3 Å². The monoisotopic (exact) mass is 258 g/mol. The second-order valence-corrected chi connectivity index (χ2v) is 4.46. The van der Waals surface area contributed by atoms with Crippen LogP contribution in [0.1, 0.15) is 23.7 Å². The van der Waals surface area contributed by atoms with Gasteiger partial charge in [-0.3, -0.25) is 4.79 Å². The number of carbonyl (C=O) groups is 1. The van der Waals surface area contributed by atoms with Crippen molar-refractivity contribution in [2.45, 2.75) is 19.4 Å². The van der Waals surface area contributed by atoms with Crippen LogP contribution in [-0.2, 0) is 0 Å². The third kappa shape index (κ3) is 3.42. The van der Waals surface area contributed by atoms with E-state index < -0.39 is 0 Å². The second kappa shape index (κ2) is 6.15. The summed E-state index contributed by atoms with van der Waals surface area (Å²) in [5.41, 5.74) is 6.93. The Balaban J connectivity index is 2.07. The van der Waals surface area contributed by atoms with Crippen LogP contribution >= 0.6 is 0 Å². The molecule has 19 heavy (non-hydrogen) atoms. The number of benzene rings is 1. The van der Waals surface area contributed by atoms with Gasteiger partial charge in [-0.15, -0.1) is 0 Å². The van der Waals surface area contributed by atoms with Crippen molar-refractivity contribution in [1.82, 2.24) is 15.1 Å². The van der Waals surface area contributed by atoms with Crippen molar-refractivity contribution >= 4 is 5.91 Å². The number of rotatable bonds is 5. The van der Waals surface area contributed by atoms with Gasteiger partial charge >= 0.3 is 0 Å². The molecule has 1 amide bonds. The fourth-order valence-corrected chi connectivity index (χ4v) is 1.79. The van der Waals surface area contributed by atoms with E-state index in [2.05, 4.69) is 10.4 Å². The summed E-state index contributed by atoms with van der Waals surface area (Å²) in [6.45, 7) is 2.50. The lowest BCUT2D eigenvalue weighted by Crippen LogP contribution is -2.33. The average Bonchev–Trinajstić information content (AvgIpc) is 2.89. The summed E-state index contributed by atoms with van der Waals surface area (Å²) in [6.07, 6.45) is 4.05. The molecule has 1 unspecified atom stereocenters. The molecule has 0 aliphatic rings. The Hall–Kier alpha value is -2.14. The number of nitrogens with two attached hydrogens (primary N) is 1. The number of aromatic nitrogens is 2. The molecule has 1 heterocycles. The summed E-state index contributed by atoms with van der Waals surface area (Å²) in [5.74, 6) is -0.122. The van der Waals surface area contributed by atoms with Crippen molar-refractivity contribution in [2.75, 3.05) is 6.54 Å². The van der Waals surface area contributed by atoms with E-state index in [1.807, 2.05) is 37.3 Å². The zero-order valence-electron chi connectivity index (χ0n) is 10.9. The van der Waals surface area contributed by atoms with Gasteiger partial charge in [-0.2, -0.15) is 5.10 Å². The first kappa shape index (κ1) is 13.3. The Morgan fingerprint density at radius 1 is 1.42 bits per heavy atom. The van der Waals surface area contributed by atoms with Crippen LogP contribution in [0.4, 0.5) is 0 Å². The van der Waals surface area contributed by atoms with Crippen molar-refractivity contribution < 1.29 is 4.79 Å². The van der Waals surface area contributed by atoms with E-state index in [9.17, 15) is 4.79 Å². The molecule has 0 radical (unpaired) electrons. The summed E-state index contributed by atoms with van der Waals surface area (Å²) >= 11 is 0. The number of hydrogen-bond donors (Lipinski definition) is 2. The number of nitrogens with zero attached hydrogens (tertiary/aromatic N) is 2. The Morgan fingerprint density at radius 2 is 2.16 bits per heavy atom. The van der Waals surface area contributed by atoms with Crippen LogP contribution in [0.2, 0.25) is 0 Å². The van der Waals surface area contributed by atoms with Gasteiger partial charge in [-0.05, 0) is 32.0 Å². The number of amides is 1. The van der Waals surface area contributed by atoms with E-state index in [4.69, 9.17) is 5.73 Å². The molecular formula is C14H18N4O. The molecule has 0 saturated heterocycles. The van der Waals surface area contributed by atoms with Crippen molar-refractivity contribution in [3.8, 4) is 5.69 Å². The van der Waals surface area contributed by atoms with E-state index in [-0.39, 0.29) is 11.9 Å². The largest absolute Gasteiger partial charge is 0.349 e. The Labute approximate surface area is 112 Å². The third-order valence-corrected chi connectivity index (χ3v) is 2.84. The average molecular weight is 258 g/mol. The highest BCUT2D eigenvalue weighted by molar-refractivity contribution is 5.93. The molecule has 0 bridgehead atoms. The highest BCUT2D eigenvalue weighted by Gasteiger charge is 2.11. The minimum absolute atomic E-state index is 0.0672. The molecule has 1 aromatic heterocycles. The molecule has 1 aromatic carbocycles. The van der Waals surface area contributed by atoms with Crippen molar-refractivity contribution in [3.05, 3.63) is 48.3 Å². The first-order valence-electron chi connectivity index (χ1n) is 6.31. The van der Waals surface area contributed by atoms with Crippen LogP contribution in [0.3, 0.4) is 0 Å². The molecule has 1 atom stereocenters. The van der Waals surface area contributed by atoms with Crippen molar-refractivity contribution in [3.63, 3.8) is 0 Å². The molecule has 100 valence electrons. The molecule has 5 heteroatoms. The van der Waals surface area contributed by atoms with Crippen LogP contribution < -0.4 is 11.1 Å². The van der Waals surface area contributed by atoms with E-state index >= 15 is 0 Å². The van der Waals surface area contributed by atoms with Crippen LogP contribution in [0.15, 0.2) is 42.7 Å². The van der Waals surface area contributed by atoms with Gasteiger partial charge in [0.05, 0.1) is 17.4 Å². The van der Waals surface area contributed by atoms with E-state index in [0.29, 0.717) is 12.1 Å². The zero-order chi connectivity index (χ0) is 13.7. The maximum atomic E-state index is 12.0. The maximum absolute atomic E-state index is 12.0. The lowest BCUT2D eigenvalue weighted by molar-refractivity contribution is 0.0939. The number of hydrogen-bond acceptors (Lipinski definition) is 3. The van der Waals surface area contributed by atoms with E-state index in [0.717, 1.165) is 12.1 Å². The summed E-state index contributed by atoms with van der Waals surface area (Å²) < 4.78 is 1.68. The minimum Gasteiger partial charge on any atom is -0.349 e. The van der Waals surface area contributed by atoms with Gasteiger partial charge in [0.1, 0.15) is 0 Å². The molecule has 0 aliphatic heterocycles. The number of para-hydroxylation sites is 1. The van der Waals surface area contributed by atoms with Gasteiger partial charge in [-0.1, -0.05) is 18.2 Å². The first-order chi connectivity index (χ1) is 9.20. The van der Waals surface area contributed by atoms with Gasteiger partial charge in [-0.25, -0.2) is 4.68 Å². The van der Waals surface area contributed by atoms with Crippen LogP contribution in [0.5, 0.6) is 0 Å². The van der Waals surface area contributed by atoms with E-state index in [1.165, 1.54) is 0 Å². The summed E-state index contributed by atoms with van der Waals surface area (Å²) in [5, 5.41) is 7.08. The molecule has 0 saturated carbocycles. The summed E-state index contributed by atoms with van der Waals surface area (Å²) in [4.78, 5) is 12.0. The highest BCUT2D eigenvalue weighted by Crippen LogP contribution is 2.07. The van der Waals surface area contributed by atoms with Crippen LogP contribution in [0, 0.1) is 0 Å². The normalized spacial score (nSPS) is 12.1. The molecule has 2 aromatic rings.